The van der Waals surface area contributed by atoms with Crippen LogP contribution >= 0.6 is 15.9 Å². The highest BCUT2D eigenvalue weighted by molar-refractivity contribution is 9.08. The lowest BCUT2D eigenvalue weighted by Gasteiger charge is -2.10. The highest BCUT2D eigenvalue weighted by Gasteiger charge is 2.33. The summed E-state index contributed by atoms with van der Waals surface area (Å²) in [5, 5.41) is 0.260. The van der Waals surface area contributed by atoms with Gasteiger partial charge in [-0.2, -0.15) is 13.2 Å². The van der Waals surface area contributed by atoms with Crippen molar-refractivity contribution >= 4 is 21.6 Å². The number of anilines is 1. The average Bonchev–Trinajstić information content (AvgIpc) is 2.02. The molecule has 0 bridgehead atoms. The predicted octanol–water partition coefficient (Wildman–Crippen LogP) is 2.58. The molecule has 1 heterocycles. The van der Waals surface area contributed by atoms with Crippen LogP contribution in [-0.4, -0.2) is 4.98 Å². The quantitative estimate of drug-likeness (QED) is 0.783. The first-order valence-electron chi connectivity index (χ1n) is 3.32. The maximum absolute atomic E-state index is 12.2. The molecule has 0 unspecified atom stereocenters. The number of rotatable bonds is 1. The van der Waals surface area contributed by atoms with Gasteiger partial charge in [-0.3, -0.25) is 4.98 Å². The van der Waals surface area contributed by atoms with Gasteiger partial charge in [0.15, 0.2) is 0 Å². The number of hydrogen-bond acceptors (Lipinski definition) is 2. The van der Waals surface area contributed by atoms with Gasteiger partial charge in [0.2, 0.25) is 0 Å². The number of halogens is 4. The number of nitrogens with two attached hydrogens (primary N) is 1. The van der Waals surface area contributed by atoms with Crippen LogP contribution < -0.4 is 5.73 Å². The van der Waals surface area contributed by atoms with E-state index in [1.165, 1.54) is 6.20 Å². The second kappa shape index (κ2) is 3.53. The van der Waals surface area contributed by atoms with Gasteiger partial charge in [0, 0.05) is 23.3 Å². The average molecular weight is 255 g/mol. The van der Waals surface area contributed by atoms with Gasteiger partial charge >= 0.3 is 6.18 Å². The lowest BCUT2D eigenvalue weighted by atomic mass is 10.1. The molecule has 0 spiro atoms. The molecule has 13 heavy (non-hydrogen) atoms. The molecule has 0 fully saturated rings. The van der Waals surface area contributed by atoms with Crippen molar-refractivity contribution in [2.75, 3.05) is 5.73 Å². The smallest absolute Gasteiger partial charge is 0.398 e. The summed E-state index contributed by atoms with van der Waals surface area (Å²) in [4.78, 5) is 3.45. The fourth-order valence-corrected chi connectivity index (χ4v) is 1.29. The van der Waals surface area contributed by atoms with Crippen molar-refractivity contribution < 1.29 is 13.2 Å². The minimum absolute atomic E-state index is 0.260. The van der Waals surface area contributed by atoms with E-state index in [4.69, 9.17) is 5.73 Å². The SMILES string of the molecule is Nc1c(CBr)cncc1C(F)(F)F. The predicted molar refractivity (Wildman–Crippen MR) is 46.3 cm³/mol. The summed E-state index contributed by atoms with van der Waals surface area (Å²) in [7, 11) is 0. The molecule has 0 amide bonds. The molecule has 0 aliphatic heterocycles. The first kappa shape index (κ1) is 10.3. The van der Waals surface area contributed by atoms with Gasteiger partial charge in [0.05, 0.1) is 11.3 Å². The minimum atomic E-state index is -4.44. The van der Waals surface area contributed by atoms with Gasteiger partial charge in [0.1, 0.15) is 0 Å². The zero-order chi connectivity index (χ0) is 10.1. The third kappa shape index (κ3) is 2.12. The first-order valence-corrected chi connectivity index (χ1v) is 4.44. The highest BCUT2D eigenvalue weighted by atomic mass is 79.9. The molecular weight excluding hydrogens is 249 g/mol. The molecule has 0 aromatic carbocycles. The Balaban J connectivity index is 3.24. The molecule has 0 radical (unpaired) electrons. The molecule has 0 saturated heterocycles. The summed E-state index contributed by atoms with van der Waals surface area (Å²) >= 11 is 3.02. The largest absolute Gasteiger partial charge is 0.419 e. The van der Waals surface area contributed by atoms with Gasteiger partial charge in [0.25, 0.3) is 0 Å². The van der Waals surface area contributed by atoms with Crippen molar-refractivity contribution in [2.24, 2.45) is 0 Å². The van der Waals surface area contributed by atoms with E-state index >= 15 is 0 Å². The van der Waals surface area contributed by atoms with Gasteiger partial charge in [-0.05, 0) is 0 Å². The number of aromatic nitrogens is 1. The van der Waals surface area contributed by atoms with Crippen LogP contribution in [0.4, 0.5) is 18.9 Å². The second-order valence-electron chi connectivity index (χ2n) is 2.39. The van der Waals surface area contributed by atoms with Gasteiger partial charge < -0.3 is 5.73 Å². The topological polar surface area (TPSA) is 38.9 Å². The Hall–Kier alpha value is -0.780. The number of alkyl halides is 4. The molecule has 2 nitrogen and oxygen atoms in total. The molecule has 0 aliphatic rings. The van der Waals surface area contributed by atoms with Crippen LogP contribution in [0.2, 0.25) is 0 Å². The summed E-state index contributed by atoms with van der Waals surface area (Å²) in [6.07, 6.45) is -2.41. The normalized spacial score (nSPS) is 11.7. The Morgan fingerprint density at radius 2 is 2.00 bits per heavy atom. The van der Waals surface area contributed by atoms with Crippen LogP contribution in [0, 0.1) is 0 Å². The summed E-state index contributed by atoms with van der Waals surface area (Å²) < 4.78 is 36.7. The Kier molecular flexibility index (Phi) is 2.80. The zero-order valence-electron chi connectivity index (χ0n) is 6.40. The summed E-state index contributed by atoms with van der Waals surface area (Å²) in [5.74, 6) is 0. The first-order chi connectivity index (χ1) is 5.96. The number of pyridine rings is 1. The molecule has 6 heteroatoms. The van der Waals surface area contributed by atoms with Crippen LogP contribution in [0.25, 0.3) is 0 Å². The zero-order valence-corrected chi connectivity index (χ0v) is 7.98. The van der Waals surface area contributed by atoms with Crippen LogP contribution in [0.15, 0.2) is 12.4 Å². The van der Waals surface area contributed by atoms with Crippen molar-refractivity contribution in [1.82, 2.24) is 4.98 Å². The Morgan fingerprint density at radius 1 is 1.38 bits per heavy atom. The maximum atomic E-state index is 12.2. The molecular formula is C7H6BrF3N2. The van der Waals surface area contributed by atoms with Crippen LogP contribution in [-0.2, 0) is 11.5 Å². The lowest BCUT2D eigenvalue weighted by molar-refractivity contribution is -0.137. The van der Waals surface area contributed by atoms with Gasteiger partial charge in [-0.15, -0.1) is 0 Å². The third-order valence-electron chi connectivity index (χ3n) is 1.52. The maximum Gasteiger partial charge on any atom is 0.419 e. The molecule has 0 saturated carbocycles. The summed E-state index contributed by atoms with van der Waals surface area (Å²) in [6.45, 7) is 0. The van der Waals surface area contributed by atoms with Crippen molar-refractivity contribution in [2.45, 2.75) is 11.5 Å². The molecule has 1 aromatic rings. The monoisotopic (exact) mass is 254 g/mol. The van der Waals surface area contributed by atoms with Crippen molar-refractivity contribution in [3.63, 3.8) is 0 Å². The summed E-state index contributed by atoms with van der Waals surface area (Å²) in [6, 6.07) is 0. The number of nitrogens with zero attached hydrogens (tertiary/aromatic N) is 1. The number of hydrogen-bond donors (Lipinski definition) is 1. The van der Waals surface area contributed by atoms with E-state index in [9.17, 15) is 13.2 Å². The molecule has 0 atom stereocenters. The van der Waals surface area contributed by atoms with E-state index in [0.717, 1.165) is 6.20 Å². The minimum Gasteiger partial charge on any atom is -0.398 e. The second-order valence-corrected chi connectivity index (χ2v) is 2.95. The van der Waals surface area contributed by atoms with Crippen molar-refractivity contribution in [3.05, 3.63) is 23.5 Å². The molecule has 1 aromatic heterocycles. The molecule has 72 valence electrons. The lowest BCUT2D eigenvalue weighted by Crippen LogP contribution is -2.11. The van der Waals surface area contributed by atoms with Gasteiger partial charge in [-0.25, -0.2) is 0 Å². The molecule has 0 aliphatic carbocycles. The Labute approximate surface area is 81.1 Å². The van der Waals surface area contributed by atoms with Crippen LogP contribution in [0.3, 0.4) is 0 Å². The van der Waals surface area contributed by atoms with E-state index in [2.05, 4.69) is 20.9 Å². The van der Waals surface area contributed by atoms with E-state index < -0.39 is 11.7 Å². The highest BCUT2D eigenvalue weighted by Crippen LogP contribution is 2.34. The fourth-order valence-electron chi connectivity index (χ4n) is 0.846. The summed E-state index contributed by atoms with van der Waals surface area (Å²) in [5.41, 5.74) is 4.48. The van der Waals surface area contributed by atoms with Crippen LogP contribution in [0.5, 0.6) is 0 Å². The van der Waals surface area contributed by atoms with Crippen molar-refractivity contribution in [1.29, 1.82) is 0 Å². The Bertz CT molecular complexity index is 311. The van der Waals surface area contributed by atoms with E-state index in [1.807, 2.05) is 0 Å². The van der Waals surface area contributed by atoms with Gasteiger partial charge in [-0.1, -0.05) is 15.9 Å². The third-order valence-corrected chi connectivity index (χ3v) is 2.12. The van der Waals surface area contributed by atoms with E-state index in [0.29, 0.717) is 5.56 Å². The molecule has 1 rings (SSSR count). The van der Waals surface area contributed by atoms with E-state index in [1.54, 1.807) is 0 Å². The van der Waals surface area contributed by atoms with Crippen LogP contribution in [0.1, 0.15) is 11.1 Å². The standard InChI is InChI=1S/C7H6BrF3N2/c8-1-4-2-13-3-5(6(4)12)7(9,10)11/h2-3H,1H2,(H2,12,13). The number of nitrogen functional groups attached to an aromatic ring is 1. The Morgan fingerprint density at radius 3 is 2.46 bits per heavy atom. The molecule has 2 N–H and O–H groups in total. The fraction of sp³-hybridized carbons (Fsp3) is 0.286. The van der Waals surface area contributed by atoms with Crippen molar-refractivity contribution in [3.8, 4) is 0 Å². The van der Waals surface area contributed by atoms with E-state index in [-0.39, 0.29) is 11.0 Å².